The first kappa shape index (κ1) is 14.8. The number of halogens is 1. The predicted molar refractivity (Wildman–Crippen MR) is 90.7 cm³/mol. The molecule has 7 heteroatoms. The molecule has 0 fully saturated rings. The second-order valence-corrected chi connectivity index (χ2v) is 6.35. The number of carbonyl (C=O) groups excluding carboxylic acids is 2. The van der Waals surface area contributed by atoms with Crippen LogP contribution in [0, 0.1) is 0 Å². The normalized spacial score (nSPS) is 13.6. The maximum atomic E-state index is 12.5. The SMILES string of the molecule is O=C1c2ccccc2C(=O)N1Cc1n[nH]c(=O)c2cc(Br)ccc12. The summed E-state index contributed by atoms with van der Waals surface area (Å²) < 4.78 is 0.762. The van der Waals surface area contributed by atoms with Crippen LogP contribution in [0.3, 0.4) is 0 Å². The fourth-order valence-electron chi connectivity index (χ4n) is 2.85. The highest BCUT2D eigenvalue weighted by atomic mass is 79.9. The molecule has 2 amide bonds. The lowest BCUT2D eigenvalue weighted by Gasteiger charge is -2.14. The Morgan fingerprint density at radius 1 is 0.958 bits per heavy atom. The van der Waals surface area contributed by atoms with E-state index in [1.807, 2.05) is 0 Å². The molecular weight excluding hydrogens is 374 g/mol. The maximum Gasteiger partial charge on any atom is 0.272 e. The first-order chi connectivity index (χ1) is 11.6. The highest BCUT2D eigenvalue weighted by molar-refractivity contribution is 9.10. The largest absolute Gasteiger partial charge is 0.272 e. The number of aromatic amines is 1. The molecule has 0 radical (unpaired) electrons. The molecule has 0 atom stereocenters. The Labute approximate surface area is 144 Å². The minimum atomic E-state index is -0.353. The van der Waals surface area contributed by atoms with Gasteiger partial charge in [-0.1, -0.05) is 34.1 Å². The number of amides is 2. The van der Waals surface area contributed by atoms with Gasteiger partial charge in [0.15, 0.2) is 0 Å². The zero-order valence-corrected chi connectivity index (χ0v) is 13.8. The van der Waals surface area contributed by atoms with E-state index in [-0.39, 0.29) is 23.9 Å². The van der Waals surface area contributed by atoms with Crippen LogP contribution in [0.4, 0.5) is 0 Å². The monoisotopic (exact) mass is 383 g/mol. The van der Waals surface area contributed by atoms with E-state index < -0.39 is 0 Å². The molecule has 118 valence electrons. The Morgan fingerprint density at radius 2 is 1.62 bits per heavy atom. The molecule has 1 aromatic heterocycles. The number of hydrogen-bond donors (Lipinski definition) is 1. The lowest BCUT2D eigenvalue weighted by Crippen LogP contribution is -2.30. The zero-order valence-electron chi connectivity index (χ0n) is 12.2. The highest BCUT2D eigenvalue weighted by Gasteiger charge is 2.35. The quantitative estimate of drug-likeness (QED) is 0.689. The van der Waals surface area contributed by atoms with Gasteiger partial charge < -0.3 is 0 Å². The fourth-order valence-corrected chi connectivity index (χ4v) is 3.21. The van der Waals surface area contributed by atoms with Crippen LogP contribution >= 0.6 is 15.9 Å². The molecule has 0 bridgehead atoms. The van der Waals surface area contributed by atoms with Gasteiger partial charge >= 0.3 is 0 Å². The van der Waals surface area contributed by atoms with E-state index in [1.54, 1.807) is 42.5 Å². The Hall–Kier alpha value is -2.80. The van der Waals surface area contributed by atoms with E-state index in [9.17, 15) is 14.4 Å². The highest BCUT2D eigenvalue weighted by Crippen LogP contribution is 2.26. The fraction of sp³-hybridized carbons (Fsp3) is 0.0588. The molecule has 24 heavy (non-hydrogen) atoms. The van der Waals surface area contributed by atoms with Crippen LogP contribution in [-0.2, 0) is 6.54 Å². The van der Waals surface area contributed by atoms with Crippen LogP contribution in [-0.4, -0.2) is 26.9 Å². The summed E-state index contributed by atoms with van der Waals surface area (Å²) in [6, 6.07) is 11.9. The number of hydrogen-bond acceptors (Lipinski definition) is 4. The summed E-state index contributed by atoms with van der Waals surface area (Å²) in [7, 11) is 0. The van der Waals surface area contributed by atoms with E-state index in [0.29, 0.717) is 27.6 Å². The molecule has 3 aromatic rings. The van der Waals surface area contributed by atoms with Gasteiger partial charge in [-0.2, -0.15) is 5.10 Å². The van der Waals surface area contributed by atoms with Crippen molar-refractivity contribution in [2.75, 3.05) is 0 Å². The van der Waals surface area contributed by atoms with E-state index >= 15 is 0 Å². The first-order valence-corrected chi connectivity index (χ1v) is 7.97. The number of H-pyrrole nitrogens is 1. The van der Waals surface area contributed by atoms with Crippen molar-refractivity contribution >= 4 is 38.5 Å². The number of aromatic nitrogens is 2. The maximum absolute atomic E-state index is 12.5. The molecular formula is C17H10BrN3O3. The van der Waals surface area contributed by atoms with Crippen molar-refractivity contribution in [2.24, 2.45) is 0 Å². The Morgan fingerprint density at radius 3 is 2.29 bits per heavy atom. The Kier molecular flexibility index (Phi) is 3.31. The minimum absolute atomic E-state index is 0.00125. The summed E-state index contributed by atoms with van der Waals surface area (Å²) in [5.41, 5.74) is 0.918. The second-order valence-electron chi connectivity index (χ2n) is 5.43. The molecule has 0 saturated heterocycles. The molecule has 0 aliphatic carbocycles. The van der Waals surface area contributed by atoms with Crippen molar-refractivity contribution < 1.29 is 9.59 Å². The molecule has 1 aliphatic heterocycles. The Bertz CT molecular complexity index is 1040. The number of benzene rings is 2. The van der Waals surface area contributed by atoms with E-state index in [4.69, 9.17) is 0 Å². The van der Waals surface area contributed by atoms with E-state index in [0.717, 1.165) is 9.37 Å². The molecule has 2 aromatic carbocycles. The van der Waals surface area contributed by atoms with Gasteiger partial charge in [-0.25, -0.2) is 5.10 Å². The smallest absolute Gasteiger partial charge is 0.269 e. The third-order valence-corrected chi connectivity index (χ3v) is 4.51. The van der Waals surface area contributed by atoms with E-state index in [2.05, 4.69) is 26.1 Å². The van der Waals surface area contributed by atoms with Crippen LogP contribution < -0.4 is 5.56 Å². The van der Waals surface area contributed by atoms with Gasteiger partial charge in [0.1, 0.15) is 0 Å². The van der Waals surface area contributed by atoms with Crippen molar-refractivity contribution in [3.63, 3.8) is 0 Å². The Balaban J connectivity index is 1.79. The van der Waals surface area contributed by atoms with Gasteiger partial charge in [0.2, 0.25) is 0 Å². The van der Waals surface area contributed by atoms with Gasteiger partial charge in [0.25, 0.3) is 17.4 Å². The lowest BCUT2D eigenvalue weighted by atomic mass is 10.1. The number of nitrogens with zero attached hydrogens (tertiary/aromatic N) is 2. The lowest BCUT2D eigenvalue weighted by molar-refractivity contribution is 0.0641. The molecule has 0 saturated carbocycles. The topological polar surface area (TPSA) is 83.1 Å². The molecule has 0 spiro atoms. The van der Waals surface area contributed by atoms with Crippen molar-refractivity contribution in [3.05, 3.63) is 74.1 Å². The average molecular weight is 384 g/mol. The molecule has 6 nitrogen and oxygen atoms in total. The summed E-state index contributed by atoms with van der Waals surface area (Å²) in [5.74, 6) is -0.706. The van der Waals surface area contributed by atoms with Gasteiger partial charge in [0, 0.05) is 9.86 Å². The summed E-state index contributed by atoms with van der Waals surface area (Å²) in [4.78, 5) is 38.0. The van der Waals surface area contributed by atoms with Crippen LogP contribution in [0.25, 0.3) is 10.8 Å². The molecule has 1 N–H and O–H groups in total. The van der Waals surface area contributed by atoms with Crippen molar-refractivity contribution in [1.82, 2.24) is 15.1 Å². The average Bonchev–Trinajstić information content (AvgIpc) is 2.83. The number of rotatable bonds is 2. The molecule has 1 aliphatic rings. The van der Waals surface area contributed by atoms with Gasteiger partial charge in [-0.05, 0) is 24.3 Å². The van der Waals surface area contributed by atoms with Crippen LogP contribution in [0.5, 0.6) is 0 Å². The number of fused-ring (bicyclic) bond motifs is 2. The third-order valence-electron chi connectivity index (χ3n) is 4.02. The van der Waals surface area contributed by atoms with Crippen LogP contribution in [0.2, 0.25) is 0 Å². The summed E-state index contributed by atoms with van der Waals surface area (Å²) in [6.45, 7) is 0.00125. The third kappa shape index (κ3) is 2.16. The van der Waals surface area contributed by atoms with E-state index in [1.165, 1.54) is 0 Å². The summed E-state index contributed by atoms with van der Waals surface area (Å²) in [6.07, 6.45) is 0. The standard InChI is InChI=1S/C17H10BrN3O3/c18-9-5-6-10-13(7-9)15(22)20-19-14(10)8-21-16(23)11-3-1-2-4-12(11)17(21)24/h1-7H,8H2,(H,20,22). The van der Waals surface area contributed by atoms with Gasteiger partial charge in [-0.3, -0.25) is 19.3 Å². The van der Waals surface area contributed by atoms with Crippen molar-refractivity contribution in [1.29, 1.82) is 0 Å². The van der Waals surface area contributed by atoms with Gasteiger partial charge in [0.05, 0.1) is 28.8 Å². The number of nitrogens with one attached hydrogen (secondary N) is 1. The summed E-state index contributed by atoms with van der Waals surface area (Å²) in [5, 5.41) is 7.51. The van der Waals surface area contributed by atoms with Crippen LogP contribution in [0.15, 0.2) is 51.7 Å². The van der Waals surface area contributed by atoms with Crippen molar-refractivity contribution in [3.8, 4) is 0 Å². The predicted octanol–water partition coefficient (Wildman–Crippen LogP) is 2.48. The minimum Gasteiger partial charge on any atom is -0.269 e. The summed E-state index contributed by atoms with van der Waals surface area (Å²) >= 11 is 3.33. The number of imide groups is 1. The second kappa shape index (κ2) is 5.38. The zero-order chi connectivity index (χ0) is 16.8. The molecule has 2 heterocycles. The van der Waals surface area contributed by atoms with Gasteiger partial charge in [-0.15, -0.1) is 0 Å². The molecule has 4 rings (SSSR count). The molecule has 0 unspecified atom stereocenters. The van der Waals surface area contributed by atoms with Crippen molar-refractivity contribution in [2.45, 2.75) is 6.54 Å². The van der Waals surface area contributed by atoms with Crippen LogP contribution in [0.1, 0.15) is 26.4 Å². The first-order valence-electron chi connectivity index (χ1n) is 7.18. The number of carbonyl (C=O) groups is 2.